The van der Waals surface area contributed by atoms with Crippen LogP contribution in [0.25, 0.3) is 0 Å². The number of nitrogens with two attached hydrogens (primary N) is 1. The summed E-state index contributed by atoms with van der Waals surface area (Å²) in [6, 6.07) is 6.83. The molecule has 82 valence electrons. The second-order valence-electron chi connectivity index (χ2n) is 1.99. The number of isocyanates is 1. The maximum absolute atomic E-state index is 9.78. The van der Waals surface area contributed by atoms with Crippen molar-refractivity contribution in [2.75, 3.05) is 0 Å². The third kappa shape index (κ3) is 8.77. The molecular formula is C8H8Cl2N2O3. The summed E-state index contributed by atoms with van der Waals surface area (Å²) in [5.74, 6) is 0. The molecule has 0 saturated heterocycles. The average Bonchev–Trinajstić information content (AvgIpc) is 2.08. The fourth-order valence-corrected chi connectivity index (χ4v) is 0.770. The fourth-order valence-electron chi connectivity index (χ4n) is 0.592. The maximum Gasteiger partial charge on any atom is 0.402 e. The smallest absolute Gasteiger partial charge is 0.402 e. The number of amides is 1. The van der Waals surface area contributed by atoms with Gasteiger partial charge in [-0.05, 0) is 12.1 Å². The second kappa shape index (κ2) is 9.02. The van der Waals surface area contributed by atoms with E-state index in [0.29, 0.717) is 10.7 Å². The van der Waals surface area contributed by atoms with Crippen LogP contribution < -0.4 is 5.73 Å². The molecule has 0 spiro atoms. The van der Waals surface area contributed by atoms with E-state index >= 15 is 0 Å². The van der Waals surface area contributed by atoms with Crippen LogP contribution in [0.5, 0.6) is 0 Å². The molecule has 0 saturated carbocycles. The molecule has 0 aliphatic heterocycles. The lowest BCUT2D eigenvalue weighted by Gasteiger charge is -1.90. The zero-order chi connectivity index (χ0) is 11.0. The molecule has 0 aliphatic carbocycles. The van der Waals surface area contributed by atoms with E-state index in [1.807, 2.05) is 0 Å². The molecule has 1 rings (SSSR count). The molecule has 3 N–H and O–H groups in total. The van der Waals surface area contributed by atoms with Crippen molar-refractivity contribution in [1.82, 2.24) is 0 Å². The molecule has 1 amide bonds. The average molecular weight is 251 g/mol. The summed E-state index contributed by atoms with van der Waals surface area (Å²) in [6.07, 6.45) is 0.0820. The Balaban J connectivity index is 0. The van der Waals surface area contributed by atoms with E-state index in [1.165, 1.54) is 6.08 Å². The van der Waals surface area contributed by atoms with Crippen molar-refractivity contribution in [1.29, 1.82) is 0 Å². The number of rotatable bonds is 1. The molecule has 0 aromatic heterocycles. The Bertz CT molecular complexity index is 361. The van der Waals surface area contributed by atoms with Crippen LogP contribution in [0.1, 0.15) is 0 Å². The highest BCUT2D eigenvalue weighted by Crippen LogP contribution is 2.22. The summed E-state index contributed by atoms with van der Waals surface area (Å²) in [7, 11) is 0. The standard InChI is InChI=1S/C7H4ClNO.CH3NO2.ClH/c8-6-3-1-2-4-7(6)9-5-10;2-1(3)4;/h1-4H;2H2,(H,3,4);1H. The normalized spacial score (nSPS) is 7.27. The Labute approximate surface area is 97.0 Å². The van der Waals surface area contributed by atoms with Gasteiger partial charge in [0.2, 0.25) is 6.08 Å². The molecule has 0 heterocycles. The number of hydrogen-bond acceptors (Lipinski definition) is 3. The molecule has 5 nitrogen and oxygen atoms in total. The monoisotopic (exact) mass is 250 g/mol. The molecule has 0 fully saturated rings. The first-order valence-corrected chi connectivity index (χ1v) is 3.76. The van der Waals surface area contributed by atoms with Crippen LogP contribution in [-0.2, 0) is 4.79 Å². The van der Waals surface area contributed by atoms with Gasteiger partial charge in [-0.3, -0.25) is 0 Å². The first kappa shape index (κ1) is 15.9. The van der Waals surface area contributed by atoms with Gasteiger partial charge in [-0.2, -0.15) is 4.99 Å². The van der Waals surface area contributed by atoms with Crippen molar-refractivity contribution in [3.63, 3.8) is 0 Å². The molecule has 1 aromatic rings. The van der Waals surface area contributed by atoms with Crippen molar-refractivity contribution in [2.24, 2.45) is 10.7 Å². The summed E-state index contributed by atoms with van der Waals surface area (Å²) < 4.78 is 0. The second-order valence-corrected chi connectivity index (χ2v) is 2.40. The molecule has 7 heteroatoms. The Morgan fingerprint density at radius 2 is 1.93 bits per heavy atom. The number of hydrogen-bond donors (Lipinski definition) is 2. The summed E-state index contributed by atoms with van der Waals surface area (Å²) >= 11 is 5.63. The van der Waals surface area contributed by atoms with Gasteiger partial charge in [0.1, 0.15) is 0 Å². The quantitative estimate of drug-likeness (QED) is 0.592. The van der Waals surface area contributed by atoms with E-state index in [9.17, 15) is 4.79 Å². The van der Waals surface area contributed by atoms with E-state index in [2.05, 4.69) is 10.7 Å². The maximum atomic E-state index is 9.78. The highest BCUT2D eigenvalue weighted by Gasteiger charge is 1.92. The molecular weight excluding hydrogens is 243 g/mol. The SMILES string of the molecule is Cl.NC(=O)O.O=C=Nc1ccccc1Cl. The van der Waals surface area contributed by atoms with Gasteiger partial charge in [0.15, 0.2) is 0 Å². The minimum atomic E-state index is -1.33. The topological polar surface area (TPSA) is 92.8 Å². The first-order chi connectivity index (χ1) is 6.57. The summed E-state index contributed by atoms with van der Waals surface area (Å²) in [5, 5.41) is 7.66. The van der Waals surface area contributed by atoms with Gasteiger partial charge in [-0.1, -0.05) is 23.7 Å². The van der Waals surface area contributed by atoms with Crippen LogP contribution >= 0.6 is 24.0 Å². The molecule has 1 aromatic carbocycles. The number of carbonyl (C=O) groups excluding carboxylic acids is 1. The van der Waals surface area contributed by atoms with Crippen LogP contribution in [0, 0.1) is 0 Å². The summed E-state index contributed by atoms with van der Waals surface area (Å²) in [6.45, 7) is 0. The number of carbonyl (C=O) groups is 1. The Morgan fingerprint density at radius 1 is 1.47 bits per heavy atom. The molecule has 0 atom stereocenters. The number of aliphatic imine (C=N–C) groups is 1. The van der Waals surface area contributed by atoms with Gasteiger partial charge in [0.05, 0.1) is 10.7 Å². The van der Waals surface area contributed by atoms with Crippen molar-refractivity contribution in [2.45, 2.75) is 0 Å². The van der Waals surface area contributed by atoms with Gasteiger partial charge in [0.25, 0.3) is 0 Å². The van der Waals surface area contributed by atoms with Crippen molar-refractivity contribution in [3.8, 4) is 0 Å². The predicted octanol–water partition coefficient (Wildman–Crippen LogP) is 2.35. The van der Waals surface area contributed by atoms with Crippen LogP contribution in [0.4, 0.5) is 10.5 Å². The number of nitrogens with zero attached hydrogens (tertiary/aromatic N) is 1. The number of carboxylic acid groups (broad SMARTS) is 1. The lowest BCUT2D eigenvalue weighted by Crippen LogP contribution is -2.03. The van der Waals surface area contributed by atoms with E-state index in [1.54, 1.807) is 24.3 Å². The largest absolute Gasteiger partial charge is 0.465 e. The number of halogens is 2. The van der Waals surface area contributed by atoms with E-state index in [-0.39, 0.29) is 12.4 Å². The van der Waals surface area contributed by atoms with Crippen LogP contribution in [0.15, 0.2) is 29.3 Å². The highest BCUT2D eigenvalue weighted by atomic mass is 35.5. The van der Waals surface area contributed by atoms with Crippen molar-refractivity contribution in [3.05, 3.63) is 29.3 Å². The van der Waals surface area contributed by atoms with E-state index < -0.39 is 6.09 Å². The zero-order valence-corrected chi connectivity index (χ0v) is 8.96. The van der Waals surface area contributed by atoms with Gasteiger partial charge in [0, 0.05) is 0 Å². The lowest BCUT2D eigenvalue weighted by molar-refractivity contribution is 0.205. The molecule has 0 aliphatic rings. The molecule has 0 unspecified atom stereocenters. The van der Waals surface area contributed by atoms with Crippen LogP contribution in [-0.4, -0.2) is 17.3 Å². The minimum absolute atomic E-state index is 0. The minimum Gasteiger partial charge on any atom is -0.465 e. The van der Waals surface area contributed by atoms with Gasteiger partial charge in [-0.25, -0.2) is 9.59 Å². The lowest BCUT2D eigenvalue weighted by atomic mass is 10.3. The fraction of sp³-hybridized carbons (Fsp3) is 0. The van der Waals surface area contributed by atoms with Crippen molar-refractivity contribution < 1.29 is 14.7 Å². The Morgan fingerprint density at radius 3 is 2.33 bits per heavy atom. The molecule has 15 heavy (non-hydrogen) atoms. The Hall–Kier alpha value is -1.55. The predicted molar refractivity (Wildman–Crippen MR) is 58.7 cm³/mol. The van der Waals surface area contributed by atoms with E-state index in [0.717, 1.165) is 0 Å². The Kier molecular flexibility index (Phi) is 9.57. The van der Waals surface area contributed by atoms with E-state index in [4.69, 9.17) is 21.5 Å². The third-order valence-electron chi connectivity index (χ3n) is 1.02. The highest BCUT2D eigenvalue weighted by molar-refractivity contribution is 6.33. The third-order valence-corrected chi connectivity index (χ3v) is 1.34. The first-order valence-electron chi connectivity index (χ1n) is 3.38. The summed E-state index contributed by atoms with van der Waals surface area (Å²) in [5.41, 5.74) is 4.49. The van der Waals surface area contributed by atoms with Gasteiger partial charge in [-0.15, -0.1) is 12.4 Å². The zero-order valence-electron chi connectivity index (χ0n) is 7.38. The number of para-hydroxylation sites is 1. The number of primary amides is 1. The van der Waals surface area contributed by atoms with Crippen LogP contribution in [0.2, 0.25) is 5.02 Å². The van der Waals surface area contributed by atoms with Crippen molar-refractivity contribution >= 4 is 41.9 Å². The number of benzene rings is 1. The van der Waals surface area contributed by atoms with Crippen LogP contribution in [0.3, 0.4) is 0 Å². The molecule has 0 bridgehead atoms. The summed E-state index contributed by atoms with van der Waals surface area (Å²) in [4.78, 5) is 21.9. The van der Waals surface area contributed by atoms with Gasteiger partial charge < -0.3 is 10.8 Å². The van der Waals surface area contributed by atoms with Gasteiger partial charge >= 0.3 is 6.09 Å². The molecule has 0 radical (unpaired) electrons.